The number of amides is 1. The standard InChI is InChI=1S/C15H21NO3.C8H11NO/c1-14(2,9-15(3,4)13(18)19)11-5-7-12(8-6-11)16-10-17;1-6-4-7(5-9)2-3-8(6)10/h5-8,10H,9H2,1-4H3,(H,16,17)(H,18,19);2-4,10H,5,9H2,1H3. The maximum Gasteiger partial charge on any atom is 0.309 e. The molecule has 0 heterocycles. The van der Waals surface area contributed by atoms with Gasteiger partial charge in [0.1, 0.15) is 5.75 Å². The highest BCUT2D eigenvalue weighted by Crippen LogP contribution is 2.37. The predicted molar refractivity (Wildman–Crippen MR) is 116 cm³/mol. The monoisotopic (exact) mass is 400 g/mol. The van der Waals surface area contributed by atoms with E-state index in [2.05, 4.69) is 5.32 Å². The van der Waals surface area contributed by atoms with Gasteiger partial charge in [0, 0.05) is 12.2 Å². The average molecular weight is 401 g/mol. The summed E-state index contributed by atoms with van der Waals surface area (Å²) in [5.41, 5.74) is 8.08. The first-order valence-corrected chi connectivity index (χ1v) is 9.45. The van der Waals surface area contributed by atoms with E-state index < -0.39 is 11.4 Å². The van der Waals surface area contributed by atoms with Crippen molar-refractivity contribution in [2.24, 2.45) is 11.1 Å². The third-order valence-electron chi connectivity index (χ3n) is 4.85. The SMILES string of the molecule is CC(C)(CC(C)(C)c1ccc(NC=O)cc1)C(=O)O.Cc1cc(CN)ccc1O. The lowest BCUT2D eigenvalue weighted by Crippen LogP contribution is -2.32. The number of carboxylic acids is 1. The number of phenols is 1. The molecule has 0 bridgehead atoms. The lowest BCUT2D eigenvalue weighted by Gasteiger charge is -2.32. The Morgan fingerprint density at radius 1 is 1.10 bits per heavy atom. The molecule has 0 spiro atoms. The van der Waals surface area contributed by atoms with Crippen LogP contribution in [-0.4, -0.2) is 22.6 Å². The summed E-state index contributed by atoms with van der Waals surface area (Å²) in [5.74, 6) is -0.461. The van der Waals surface area contributed by atoms with Crippen LogP contribution in [0.5, 0.6) is 5.75 Å². The van der Waals surface area contributed by atoms with Crippen molar-refractivity contribution in [2.45, 2.75) is 53.0 Å². The molecule has 5 N–H and O–H groups in total. The Morgan fingerprint density at radius 3 is 2.14 bits per heavy atom. The van der Waals surface area contributed by atoms with Crippen molar-refractivity contribution in [1.82, 2.24) is 0 Å². The van der Waals surface area contributed by atoms with Crippen LogP contribution in [0.4, 0.5) is 5.69 Å². The van der Waals surface area contributed by atoms with Crippen LogP contribution < -0.4 is 11.1 Å². The van der Waals surface area contributed by atoms with E-state index in [-0.39, 0.29) is 5.41 Å². The third kappa shape index (κ3) is 7.23. The van der Waals surface area contributed by atoms with Crippen LogP contribution in [0.15, 0.2) is 42.5 Å². The zero-order valence-electron chi connectivity index (χ0n) is 17.8. The van der Waals surface area contributed by atoms with Gasteiger partial charge in [0.2, 0.25) is 6.41 Å². The van der Waals surface area contributed by atoms with Crippen LogP contribution in [0, 0.1) is 12.3 Å². The second-order valence-electron chi connectivity index (χ2n) is 8.41. The number of nitrogens with one attached hydrogen (secondary N) is 1. The molecule has 2 aromatic rings. The summed E-state index contributed by atoms with van der Waals surface area (Å²) in [6.45, 7) is 9.91. The molecule has 0 aliphatic rings. The highest BCUT2D eigenvalue weighted by Gasteiger charge is 2.35. The number of carboxylic acid groups (broad SMARTS) is 1. The highest BCUT2D eigenvalue weighted by molar-refractivity contribution is 5.74. The van der Waals surface area contributed by atoms with Crippen LogP contribution in [0.1, 0.15) is 50.8 Å². The molecule has 2 aromatic carbocycles. The van der Waals surface area contributed by atoms with Gasteiger partial charge in [-0.15, -0.1) is 0 Å². The number of hydrogen-bond donors (Lipinski definition) is 4. The van der Waals surface area contributed by atoms with Gasteiger partial charge in [-0.3, -0.25) is 9.59 Å². The van der Waals surface area contributed by atoms with Gasteiger partial charge in [-0.1, -0.05) is 38.1 Å². The molecular formula is C23H32N2O4. The van der Waals surface area contributed by atoms with Crippen molar-refractivity contribution >= 4 is 18.1 Å². The van der Waals surface area contributed by atoms with Crippen molar-refractivity contribution in [3.8, 4) is 5.75 Å². The van der Waals surface area contributed by atoms with Crippen molar-refractivity contribution in [3.63, 3.8) is 0 Å². The number of carbonyl (C=O) groups is 2. The normalized spacial score (nSPS) is 11.2. The van der Waals surface area contributed by atoms with E-state index in [1.165, 1.54) is 0 Å². The van der Waals surface area contributed by atoms with Gasteiger partial charge in [-0.05, 0) is 67.5 Å². The van der Waals surface area contributed by atoms with Crippen molar-refractivity contribution < 1.29 is 19.8 Å². The number of carbonyl (C=O) groups excluding carboxylic acids is 1. The minimum absolute atomic E-state index is 0.248. The van der Waals surface area contributed by atoms with Gasteiger partial charge in [0.25, 0.3) is 0 Å². The van der Waals surface area contributed by atoms with E-state index in [9.17, 15) is 14.7 Å². The number of aliphatic carboxylic acids is 1. The lowest BCUT2D eigenvalue weighted by molar-refractivity contribution is -0.148. The van der Waals surface area contributed by atoms with E-state index in [0.29, 0.717) is 25.1 Å². The Morgan fingerprint density at radius 2 is 1.69 bits per heavy atom. The molecular weight excluding hydrogens is 368 g/mol. The maximum atomic E-state index is 11.2. The molecule has 0 radical (unpaired) electrons. The molecule has 0 unspecified atom stereocenters. The topological polar surface area (TPSA) is 113 Å². The number of anilines is 1. The van der Waals surface area contributed by atoms with Crippen LogP contribution in [-0.2, 0) is 21.5 Å². The molecule has 6 nitrogen and oxygen atoms in total. The zero-order valence-corrected chi connectivity index (χ0v) is 17.8. The van der Waals surface area contributed by atoms with E-state index in [4.69, 9.17) is 10.8 Å². The summed E-state index contributed by atoms with van der Waals surface area (Å²) in [5, 5.41) is 20.9. The lowest BCUT2D eigenvalue weighted by atomic mass is 9.71. The number of aryl methyl sites for hydroxylation is 1. The molecule has 0 saturated heterocycles. The van der Waals surface area contributed by atoms with E-state index in [0.717, 1.165) is 22.4 Å². The third-order valence-corrected chi connectivity index (χ3v) is 4.85. The summed E-state index contributed by atoms with van der Waals surface area (Å²) in [6, 6.07) is 12.8. The van der Waals surface area contributed by atoms with E-state index in [1.807, 2.05) is 57.2 Å². The van der Waals surface area contributed by atoms with E-state index >= 15 is 0 Å². The van der Waals surface area contributed by atoms with Gasteiger partial charge in [0.05, 0.1) is 5.41 Å². The first kappa shape index (κ1) is 24.2. The summed E-state index contributed by atoms with van der Waals surface area (Å²) in [4.78, 5) is 21.6. The fourth-order valence-corrected chi connectivity index (χ4v) is 3.21. The number of benzene rings is 2. The van der Waals surface area contributed by atoms with Gasteiger partial charge in [0.15, 0.2) is 0 Å². The van der Waals surface area contributed by atoms with Gasteiger partial charge >= 0.3 is 5.97 Å². The number of aromatic hydroxyl groups is 1. The summed E-state index contributed by atoms with van der Waals surface area (Å²) < 4.78 is 0. The molecule has 158 valence electrons. The van der Waals surface area contributed by atoms with Crippen molar-refractivity contribution in [2.75, 3.05) is 5.32 Å². The minimum Gasteiger partial charge on any atom is -0.508 e. The Balaban J connectivity index is 0.000000352. The molecule has 2 rings (SSSR count). The minimum atomic E-state index is -0.792. The maximum absolute atomic E-state index is 11.2. The number of phenolic OH excluding ortho intramolecular Hbond substituents is 1. The first-order chi connectivity index (χ1) is 13.4. The quantitative estimate of drug-likeness (QED) is 0.521. The molecule has 1 amide bonds. The number of nitrogens with two attached hydrogens (primary N) is 1. The fraction of sp³-hybridized carbons (Fsp3) is 0.391. The molecule has 0 fully saturated rings. The predicted octanol–water partition coefficient (Wildman–Crippen LogP) is 4.19. The smallest absolute Gasteiger partial charge is 0.309 e. The van der Waals surface area contributed by atoms with Crippen LogP contribution in [0.25, 0.3) is 0 Å². The molecule has 0 atom stereocenters. The number of rotatable bonds is 7. The Labute approximate surface area is 172 Å². The Hall–Kier alpha value is -2.86. The van der Waals surface area contributed by atoms with Crippen LogP contribution in [0.2, 0.25) is 0 Å². The zero-order chi connectivity index (χ0) is 22.2. The van der Waals surface area contributed by atoms with Crippen molar-refractivity contribution in [1.29, 1.82) is 0 Å². The summed E-state index contributed by atoms with van der Waals surface area (Å²) in [7, 11) is 0. The summed E-state index contributed by atoms with van der Waals surface area (Å²) >= 11 is 0. The van der Waals surface area contributed by atoms with Crippen LogP contribution in [0.3, 0.4) is 0 Å². The molecule has 6 heteroatoms. The molecule has 0 aliphatic heterocycles. The molecule has 0 aliphatic carbocycles. The van der Waals surface area contributed by atoms with Gasteiger partial charge in [-0.2, -0.15) is 0 Å². The van der Waals surface area contributed by atoms with Crippen molar-refractivity contribution in [3.05, 3.63) is 59.2 Å². The average Bonchev–Trinajstić information content (AvgIpc) is 2.64. The highest BCUT2D eigenvalue weighted by atomic mass is 16.4. The second kappa shape index (κ2) is 10.1. The largest absolute Gasteiger partial charge is 0.508 e. The fourth-order valence-electron chi connectivity index (χ4n) is 3.21. The number of hydrogen-bond acceptors (Lipinski definition) is 4. The van der Waals surface area contributed by atoms with Crippen LogP contribution >= 0.6 is 0 Å². The van der Waals surface area contributed by atoms with Gasteiger partial charge < -0.3 is 21.3 Å². The summed E-state index contributed by atoms with van der Waals surface area (Å²) in [6.07, 6.45) is 1.17. The van der Waals surface area contributed by atoms with Gasteiger partial charge in [-0.25, -0.2) is 0 Å². The van der Waals surface area contributed by atoms with E-state index in [1.54, 1.807) is 19.9 Å². The Bertz CT molecular complexity index is 827. The molecule has 0 aromatic heterocycles. The molecule has 0 saturated carbocycles. The first-order valence-electron chi connectivity index (χ1n) is 9.45. The molecule has 29 heavy (non-hydrogen) atoms. The Kier molecular flexibility index (Phi) is 8.40. The second-order valence-corrected chi connectivity index (χ2v) is 8.41.